The molecule has 0 radical (unpaired) electrons. The van der Waals surface area contributed by atoms with Crippen molar-refractivity contribution in [3.63, 3.8) is 0 Å². The summed E-state index contributed by atoms with van der Waals surface area (Å²) in [5.41, 5.74) is 3.11. The fraction of sp³-hybridized carbons (Fsp3) is 0.348. The number of carboxylic acids is 1. The van der Waals surface area contributed by atoms with Gasteiger partial charge in [0.15, 0.2) is 0 Å². The van der Waals surface area contributed by atoms with E-state index in [0.717, 1.165) is 11.6 Å². The van der Waals surface area contributed by atoms with Crippen molar-refractivity contribution in [3.8, 4) is 11.1 Å². The minimum atomic E-state index is -1.47. The van der Waals surface area contributed by atoms with Crippen molar-refractivity contribution in [2.45, 2.75) is 44.9 Å². The van der Waals surface area contributed by atoms with Crippen molar-refractivity contribution < 1.29 is 24.2 Å². The Balaban J connectivity index is 1.88. The Kier molecular flexibility index (Phi) is 7.41. The molecule has 1 saturated carbocycles. The molecule has 1 aliphatic rings. The summed E-state index contributed by atoms with van der Waals surface area (Å²) in [5, 5.41) is 15.2. The molecule has 3 rings (SSSR count). The van der Waals surface area contributed by atoms with Crippen LogP contribution in [0.25, 0.3) is 11.1 Å². The molecule has 7 heteroatoms. The van der Waals surface area contributed by atoms with Crippen LogP contribution in [0.5, 0.6) is 0 Å². The fourth-order valence-electron chi connectivity index (χ4n) is 3.74. The topological polar surface area (TPSA) is 95.5 Å². The van der Waals surface area contributed by atoms with Crippen LogP contribution in [-0.4, -0.2) is 24.5 Å². The summed E-state index contributed by atoms with van der Waals surface area (Å²) in [7, 11) is 0. The van der Waals surface area contributed by atoms with Crippen molar-refractivity contribution >= 4 is 34.2 Å². The zero-order chi connectivity index (χ0) is 21.5. The van der Waals surface area contributed by atoms with Crippen LogP contribution in [0, 0.1) is 0 Å². The predicted molar refractivity (Wildman–Crippen MR) is 114 cm³/mol. The molecule has 1 aromatic heterocycles. The number of hydrogen-bond donors (Lipinski definition) is 1. The van der Waals surface area contributed by atoms with Crippen LogP contribution in [-0.2, 0) is 14.3 Å². The lowest BCUT2D eigenvalue weighted by Gasteiger charge is -2.22. The number of carboxylic acid groups (broad SMARTS) is 1. The van der Waals surface area contributed by atoms with Crippen molar-refractivity contribution in [2.24, 2.45) is 0 Å². The summed E-state index contributed by atoms with van der Waals surface area (Å²) in [6.45, 7) is 1.91. The molecule has 0 spiro atoms. The Morgan fingerprint density at radius 1 is 1.13 bits per heavy atom. The van der Waals surface area contributed by atoms with E-state index >= 15 is 0 Å². The summed E-state index contributed by atoms with van der Waals surface area (Å²) in [6.07, 6.45) is 7.74. The maximum atomic E-state index is 12.6. The normalized spacial score (nSPS) is 14.6. The number of aliphatic carboxylic acids is 1. The van der Waals surface area contributed by atoms with E-state index in [2.05, 4.69) is 17.4 Å². The first-order valence-electron chi connectivity index (χ1n) is 10.1. The Hall–Kier alpha value is -2.93. The minimum absolute atomic E-state index is 0.201. The van der Waals surface area contributed by atoms with Crippen LogP contribution in [0.4, 0.5) is 5.00 Å². The lowest BCUT2D eigenvalue weighted by atomic mass is 9.83. The van der Waals surface area contributed by atoms with E-state index in [1.165, 1.54) is 49.0 Å². The predicted octanol–water partition coefficient (Wildman–Crippen LogP) is 3.88. The molecule has 0 aliphatic heterocycles. The maximum absolute atomic E-state index is 12.6. The Morgan fingerprint density at radius 2 is 1.83 bits per heavy atom. The van der Waals surface area contributed by atoms with Gasteiger partial charge in [-0.15, -0.1) is 11.3 Å². The molecule has 0 bridgehead atoms. The maximum Gasteiger partial charge on any atom is 0.341 e. The summed E-state index contributed by atoms with van der Waals surface area (Å²) in [5.74, 6) is -2.08. The van der Waals surface area contributed by atoms with Crippen LogP contribution >= 0.6 is 11.3 Å². The Bertz CT molecular complexity index is 939. The molecule has 30 heavy (non-hydrogen) atoms. The molecular formula is C23H24NO5S-. The van der Waals surface area contributed by atoms with Gasteiger partial charge in [0, 0.05) is 17.0 Å². The average molecular weight is 427 g/mol. The van der Waals surface area contributed by atoms with E-state index in [0.29, 0.717) is 22.6 Å². The van der Waals surface area contributed by atoms with Gasteiger partial charge >= 0.3 is 5.97 Å². The van der Waals surface area contributed by atoms with Gasteiger partial charge in [-0.3, -0.25) is 4.79 Å². The number of amides is 1. The van der Waals surface area contributed by atoms with Crippen molar-refractivity contribution in [3.05, 3.63) is 52.9 Å². The van der Waals surface area contributed by atoms with Gasteiger partial charge < -0.3 is 20.0 Å². The number of esters is 1. The quantitative estimate of drug-likeness (QED) is 0.535. The average Bonchev–Trinajstić information content (AvgIpc) is 3.16. The highest BCUT2D eigenvalue weighted by Gasteiger charge is 2.23. The molecule has 2 aromatic rings. The number of nitrogens with one attached hydrogen (secondary N) is 1. The largest absolute Gasteiger partial charge is 0.545 e. The molecule has 1 aromatic carbocycles. The lowest BCUT2D eigenvalue weighted by Crippen LogP contribution is -2.20. The first-order chi connectivity index (χ1) is 14.5. The zero-order valence-corrected chi connectivity index (χ0v) is 17.6. The molecular weight excluding hydrogens is 402 g/mol. The molecule has 0 saturated heterocycles. The fourth-order valence-corrected chi connectivity index (χ4v) is 4.70. The number of ether oxygens (including phenoxy) is 1. The highest BCUT2D eigenvalue weighted by Crippen LogP contribution is 2.38. The molecule has 6 nitrogen and oxygen atoms in total. The number of carbonyl (C=O) groups is 3. The summed E-state index contributed by atoms with van der Waals surface area (Å²) >= 11 is 1.19. The highest BCUT2D eigenvalue weighted by molar-refractivity contribution is 7.15. The van der Waals surface area contributed by atoms with Gasteiger partial charge in [-0.25, -0.2) is 4.79 Å². The van der Waals surface area contributed by atoms with Crippen molar-refractivity contribution in [1.29, 1.82) is 0 Å². The minimum Gasteiger partial charge on any atom is -0.545 e. The molecule has 1 N–H and O–H groups in total. The molecule has 0 unspecified atom stereocenters. The highest BCUT2D eigenvalue weighted by atomic mass is 32.1. The third kappa shape index (κ3) is 5.36. The van der Waals surface area contributed by atoms with Crippen molar-refractivity contribution in [1.82, 2.24) is 0 Å². The number of benzene rings is 1. The van der Waals surface area contributed by atoms with E-state index in [-0.39, 0.29) is 12.2 Å². The smallest absolute Gasteiger partial charge is 0.341 e. The van der Waals surface area contributed by atoms with Gasteiger partial charge in [0.2, 0.25) is 5.91 Å². The number of carbonyl (C=O) groups excluding carboxylic acids is 3. The van der Waals surface area contributed by atoms with Gasteiger partial charge in [0.05, 0.1) is 12.6 Å². The van der Waals surface area contributed by atoms with Gasteiger partial charge in [-0.05, 0) is 42.9 Å². The first kappa shape index (κ1) is 21.8. The molecule has 158 valence electrons. The SMILES string of the molecule is CCOC(=O)c1c(-c2ccc(C3CCCCC3)cc2)csc1NC(=O)/C=C/C(=O)[O-]. The van der Waals surface area contributed by atoms with Crippen LogP contribution in [0.15, 0.2) is 41.8 Å². The second-order valence-corrected chi connectivity index (χ2v) is 8.05. The van der Waals surface area contributed by atoms with Gasteiger partial charge in [-0.2, -0.15) is 0 Å². The first-order valence-corrected chi connectivity index (χ1v) is 11.0. The van der Waals surface area contributed by atoms with E-state index in [9.17, 15) is 19.5 Å². The van der Waals surface area contributed by atoms with E-state index in [1.807, 2.05) is 12.1 Å². The lowest BCUT2D eigenvalue weighted by molar-refractivity contribution is -0.297. The Labute approximate surface area is 179 Å². The zero-order valence-electron chi connectivity index (χ0n) is 16.8. The van der Waals surface area contributed by atoms with Gasteiger partial charge in [-0.1, -0.05) is 43.5 Å². The standard InChI is InChI=1S/C23H25NO5S/c1-2-29-23(28)21-18(14-30-22(21)24-19(25)12-13-20(26)27)17-10-8-16(9-11-17)15-6-4-3-5-7-15/h8-15H,2-7H2,1H3,(H,24,25)(H,26,27)/p-1/b13-12+. The van der Waals surface area contributed by atoms with Crippen LogP contribution < -0.4 is 10.4 Å². The third-order valence-electron chi connectivity index (χ3n) is 5.18. The Morgan fingerprint density at radius 3 is 2.47 bits per heavy atom. The van der Waals surface area contributed by atoms with E-state index in [1.54, 1.807) is 12.3 Å². The summed E-state index contributed by atoms with van der Waals surface area (Å²) in [6, 6.07) is 8.21. The van der Waals surface area contributed by atoms with Crippen molar-refractivity contribution in [2.75, 3.05) is 11.9 Å². The second kappa shape index (κ2) is 10.2. The van der Waals surface area contributed by atoms with E-state index in [4.69, 9.17) is 4.74 Å². The van der Waals surface area contributed by atoms with E-state index < -0.39 is 17.8 Å². The van der Waals surface area contributed by atoms with Gasteiger partial charge in [0.1, 0.15) is 10.6 Å². The number of hydrogen-bond acceptors (Lipinski definition) is 6. The second-order valence-electron chi connectivity index (χ2n) is 7.17. The number of anilines is 1. The van der Waals surface area contributed by atoms with Gasteiger partial charge in [0.25, 0.3) is 0 Å². The molecule has 1 heterocycles. The van der Waals surface area contributed by atoms with Crippen LogP contribution in [0.2, 0.25) is 0 Å². The van der Waals surface area contributed by atoms with Crippen LogP contribution in [0.1, 0.15) is 60.9 Å². The van der Waals surface area contributed by atoms with Crippen LogP contribution in [0.3, 0.4) is 0 Å². The summed E-state index contributed by atoms with van der Waals surface area (Å²) in [4.78, 5) is 35.1. The number of rotatable bonds is 7. The molecule has 1 amide bonds. The molecule has 1 aliphatic carbocycles. The molecule has 0 atom stereocenters. The monoisotopic (exact) mass is 426 g/mol. The summed E-state index contributed by atoms with van der Waals surface area (Å²) < 4.78 is 5.18. The molecule has 1 fully saturated rings. The number of thiophene rings is 1. The third-order valence-corrected chi connectivity index (χ3v) is 6.07.